The van der Waals surface area contributed by atoms with Gasteiger partial charge in [0.05, 0.1) is 14.2 Å². The standard InChI is InChI=1S/C13H14O4/c1-16-11(14)13(12(15)17-2)8-10(13)9-6-4-3-5-7-9/h3-7,10H,8H2,1-2H3/t10-/m0/s1. The molecule has 0 heterocycles. The van der Waals surface area contributed by atoms with Crippen molar-refractivity contribution in [3.63, 3.8) is 0 Å². The van der Waals surface area contributed by atoms with E-state index in [-0.39, 0.29) is 5.92 Å². The molecule has 2 rings (SSSR count). The van der Waals surface area contributed by atoms with Gasteiger partial charge in [-0.05, 0) is 12.0 Å². The van der Waals surface area contributed by atoms with E-state index >= 15 is 0 Å². The SMILES string of the molecule is COC(=O)C1(C(=O)OC)C[C@H]1c1ccccc1. The van der Waals surface area contributed by atoms with Crippen LogP contribution < -0.4 is 0 Å². The molecule has 1 fully saturated rings. The maximum Gasteiger partial charge on any atom is 0.323 e. The van der Waals surface area contributed by atoms with Crippen LogP contribution in [0.3, 0.4) is 0 Å². The fourth-order valence-corrected chi connectivity index (χ4v) is 2.25. The topological polar surface area (TPSA) is 52.6 Å². The Kier molecular flexibility index (Phi) is 2.88. The molecule has 1 aliphatic carbocycles. The number of esters is 2. The quantitative estimate of drug-likeness (QED) is 0.587. The average Bonchev–Trinajstić information content (AvgIpc) is 3.14. The first-order valence-corrected chi connectivity index (χ1v) is 5.38. The van der Waals surface area contributed by atoms with Gasteiger partial charge in [0, 0.05) is 5.92 Å². The summed E-state index contributed by atoms with van der Waals surface area (Å²) >= 11 is 0. The highest BCUT2D eigenvalue weighted by atomic mass is 16.5. The summed E-state index contributed by atoms with van der Waals surface area (Å²) in [6, 6.07) is 9.46. The minimum absolute atomic E-state index is 0.136. The van der Waals surface area contributed by atoms with Gasteiger partial charge in [-0.1, -0.05) is 30.3 Å². The van der Waals surface area contributed by atoms with Gasteiger partial charge in [0.1, 0.15) is 0 Å². The first-order chi connectivity index (χ1) is 8.16. The lowest BCUT2D eigenvalue weighted by atomic mass is 9.99. The Hall–Kier alpha value is -1.84. The van der Waals surface area contributed by atoms with Crippen molar-refractivity contribution in [2.45, 2.75) is 12.3 Å². The van der Waals surface area contributed by atoms with Crippen LogP contribution in [0, 0.1) is 5.41 Å². The Labute approximate surface area is 99.5 Å². The van der Waals surface area contributed by atoms with Gasteiger partial charge >= 0.3 is 11.9 Å². The normalized spacial score (nSPS) is 20.5. The fraction of sp³-hybridized carbons (Fsp3) is 0.385. The molecule has 1 aliphatic rings. The molecule has 0 bridgehead atoms. The van der Waals surface area contributed by atoms with Crippen LogP contribution >= 0.6 is 0 Å². The van der Waals surface area contributed by atoms with Crippen molar-refractivity contribution in [1.29, 1.82) is 0 Å². The predicted molar refractivity (Wildman–Crippen MR) is 60.3 cm³/mol. The van der Waals surface area contributed by atoms with Gasteiger partial charge in [0.25, 0.3) is 0 Å². The van der Waals surface area contributed by atoms with E-state index in [0.29, 0.717) is 6.42 Å². The van der Waals surface area contributed by atoms with Crippen LogP contribution in [-0.2, 0) is 19.1 Å². The van der Waals surface area contributed by atoms with Crippen molar-refractivity contribution in [1.82, 2.24) is 0 Å². The second kappa shape index (κ2) is 4.20. The summed E-state index contributed by atoms with van der Waals surface area (Å²) in [5.41, 5.74) is -0.173. The molecule has 0 spiro atoms. The lowest BCUT2D eigenvalue weighted by molar-refractivity contribution is -0.161. The van der Waals surface area contributed by atoms with E-state index < -0.39 is 17.4 Å². The summed E-state index contributed by atoms with van der Waals surface area (Å²) in [7, 11) is 2.57. The molecule has 1 aromatic rings. The van der Waals surface area contributed by atoms with E-state index in [0.717, 1.165) is 5.56 Å². The molecule has 0 aromatic heterocycles. The molecule has 0 amide bonds. The Morgan fingerprint density at radius 3 is 2.12 bits per heavy atom. The number of ether oxygens (including phenoxy) is 2. The molecule has 0 N–H and O–H groups in total. The van der Waals surface area contributed by atoms with E-state index in [4.69, 9.17) is 9.47 Å². The summed E-state index contributed by atoms with van der Waals surface area (Å²) in [5, 5.41) is 0. The van der Waals surface area contributed by atoms with Gasteiger partial charge in [-0.3, -0.25) is 9.59 Å². The molecule has 1 atom stereocenters. The molecule has 4 nitrogen and oxygen atoms in total. The summed E-state index contributed by atoms with van der Waals surface area (Å²) in [6.45, 7) is 0. The smallest absolute Gasteiger partial charge is 0.323 e. The molecule has 0 radical (unpaired) electrons. The van der Waals surface area contributed by atoms with Crippen LogP contribution in [0.1, 0.15) is 17.9 Å². The van der Waals surface area contributed by atoms with Crippen molar-refractivity contribution in [2.75, 3.05) is 14.2 Å². The molecule has 90 valence electrons. The highest BCUT2D eigenvalue weighted by molar-refractivity contribution is 6.05. The second-order valence-electron chi connectivity index (χ2n) is 4.12. The van der Waals surface area contributed by atoms with Gasteiger partial charge in [0.2, 0.25) is 0 Å². The lowest BCUT2D eigenvalue weighted by Gasteiger charge is -2.12. The van der Waals surface area contributed by atoms with Crippen LogP contribution in [0.2, 0.25) is 0 Å². The van der Waals surface area contributed by atoms with Gasteiger partial charge < -0.3 is 9.47 Å². The highest BCUT2D eigenvalue weighted by Gasteiger charge is 2.68. The number of rotatable bonds is 3. The molecule has 1 aromatic carbocycles. The zero-order valence-corrected chi connectivity index (χ0v) is 9.80. The number of carbonyl (C=O) groups excluding carboxylic acids is 2. The van der Waals surface area contributed by atoms with E-state index in [9.17, 15) is 9.59 Å². The third kappa shape index (κ3) is 1.69. The Morgan fingerprint density at radius 1 is 1.12 bits per heavy atom. The highest BCUT2D eigenvalue weighted by Crippen LogP contribution is 2.60. The van der Waals surface area contributed by atoms with Crippen LogP contribution in [-0.4, -0.2) is 26.2 Å². The molecule has 0 aliphatic heterocycles. The summed E-state index contributed by atoms with van der Waals surface area (Å²) in [6.07, 6.45) is 0.455. The summed E-state index contributed by atoms with van der Waals surface area (Å²) in [4.78, 5) is 23.5. The molecule has 17 heavy (non-hydrogen) atoms. The largest absolute Gasteiger partial charge is 0.468 e. The van der Waals surface area contributed by atoms with Crippen molar-refractivity contribution < 1.29 is 19.1 Å². The Morgan fingerprint density at radius 2 is 1.65 bits per heavy atom. The van der Waals surface area contributed by atoms with Gasteiger partial charge in [0.15, 0.2) is 5.41 Å². The summed E-state index contributed by atoms with van der Waals surface area (Å²) in [5.74, 6) is -1.17. The number of carbonyl (C=O) groups is 2. The molecular formula is C13H14O4. The third-order valence-electron chi connectivity index (χ3n) is 3.26. The molecular weight excluding hydrogens is 220 g/mol. The molecule has 4 heteroatoms. The van der Waals surface area contributed by atoms with Gasteiger partial charge in [-0.25, -0.2) is 0 Å². The van der Waals surface area contributed by atoms with Crippen molar-refractivity contribution in [3.05, 3.63) is 35.9 Å². The Bertz CT molecular complexity index is 422. The second-order valence-corrected chi connectivity index (χ2v) is 4.12. The third-order valence-corrected chi connectivity index (χ3v) is 3.26. The number of benzene rings is 1. The van der Waals surface area contributed by atoms with E-state index in [1.165, 1.54) is 14.2 Å². The number of hydrogen-bond acceptors (Lipinski definition) is 4. The maximum atomic E-state index is 11.8. The van der Waals surface area contributed by atoms with Crippen LogP contribution in [0.5, 0.6) is 0 Å². The molecule has 0 unspecified atom stereocenters. The van der Waals surface area contributed by atoms with Gasteiger partial charge in [-0.2, -0.15) is 0 Å². The van der Waals surface area contributed by atoms with Crippen molar-refractivity contribution in [2.24, 2.45) is 5.41 Å². The minimum atomic E-state index is -1.13. The fourth-order valence-electron chi connectivity index (χ4n) is 2.25. The average molecular weight is 234 g/mol. The number of hydrogen-bond donors (Lipinski definition) is 0. The van der Waals surface area contributed by atoms with Crippen molar-refractivity contribution in [3.8, 4) is 0 Å². The molecule has 0 saturated heterocycles. The van der Waals surface area contributed by atoms with Gasteiger partial charge in [-0.15, -0.1) is 0 Å². The lowest BCUT2D eigenvalue weighted by Crippen LogP contribution is -2.30. The van der Waals surface area contributed by atoms with E-state index in [1.54, 1.807) is 0 Å². The zero-order chi connectivity index (χ0) is 12.5. The van der Waals surface area contributed by atoms with Crippen LogP contribution in [0.15, 0.2) is 30.3 Å². The number of methoxy groups -OCH3 is 2. The maximum absolute atomic E-state index is 11.8. The minimum Gasteiger partial charge on any atom is -0.468 e. The summed E-state index contributed by atoms with van der Waals surface area (Å²) < 4.78 is 9.42. The van der Waals surface area contributed by atoms with E-state index in [1.807, 2.05) is 30.3 Å². The first-order valence-electron chi connectivity index (χ1n) is 5.38. The van der Waals surface area contributed by atoms with E-state index in [2.05, 4.69) is 0 Å². The Balaban J connectivity index is 2.30. The monoisotopic (exact) mass is 234 g/mol. The predicted octanol–water partition coefficient (Wildman–Crippen LogP) is 1.51. The zero-order valence-electron chi connectivity index (χ0n) is 9.80. The van der Waals surface area contributed by atoms with Crippen LogP contribution in [0.4, 0.5) is 0 Å². The van der Waals surface area contributed by atoms with Crippen molar-refractivity contribution >= 4 is 11.9 Å². The molecule has 1 saturated carbocycles. The van der Waals surface area contributed by atoms with Crippen LogP contribution in [0.25, 0.3) is 0 Å². The first kappa shape index (κ1) is 11.6.